The van der Waals surface area contributed by atoms with Crippen molar-refractivity contribution in [2.24, 2.45) is 0 Å². The number of ether oxygens (including phenoxy) is 1. The Kier molecular flexibility index (Phi) is 5.37. The van der Waals surface area contributed by atoms with E-state index < -0.39 is 5.97 Å². The van der Waals surface area contributed by atoms with Gasteiger partial charge in [0.05, 0.1) is 12.6 Å². The van der Waals surface area contributed by atoms with Crippen LogP contribution in [-0.4, -0.2) is 73.2 Å². The molecule has 0 aromatic heterocycles. The van der Waals surface area contributed by atoms with Gasteiger partial charge in [-0.2, -0.15) is 0 Å². The van der Waals surface area contributed by atoms with Crippen LogP contribution in [0, 0.1) is 0 Å². The summed E-state index contributed by atoms with van der Waals surface area (Å²) in [6.45, 7) is 1.94. The molecule has 1 saturated heterocycles. The van der Waals surface area contributed by atoms with Gasteiger partial charge in [-0.1, -0.05) is 0 Å². The molecule has 0 aromatic rings. The average Bonchev–Trinajstić information content (AvgIpc) is 2.24. The predicted molar refractivity (Wildman–Crippen MR) is 61.7 cm³/mol. The van der Waals surface area contributed by atoms with Gasteiger partial charge >= 0.3 is 5.97 Å². The van der Waals surface area contributed by atoms with Crippen LogP contribution in [0.5, 0.6) is 0 Å². The van der Waals surface area contributed by atoms with Gasteiger partial charge in [-0.3, -0.25) is 9.59 Å². The molecule has 17 heavy (non-hydrogen) atoms. The van der Waals surface area contributed by atoms with Gasteiger partial charge in [0.2, 0.25) is 5.91 Å². The van der Waals surface area contributed by atoms with Crippen LogP contribution in [0.1, 0.15) is 12.8 Å². The van der Waals surface area contributed by atoms with Crippen molar-refractivity contribution in [3.05, 3.63) is 0 Å². The van der Waals surface area contributed by atoms with Crippen molar-refractivity contribution in [1.29, 1.82) is 0 Å². The first-order valence-electron chi connectivity index (χ1n) is 5.74. The van der Waals surface area contributed by atoms with Crippen molar-refractivity contribution in [1.82, 2.24) is 9.80 Å². The van der Waals surface area contributed by atoms with E-state index in [0.29, 0.717) is 19.6 Å². The fourth-order valence-electron chi connectivity index (χ4n) is 1.80. The number of carbonyl (C=O) groups is 2. The minimum Gasteiger partial charge on any atom is -0.481 e. The lowest BCUT2D eigenvalue weighted by Crippen LogP contribution is -2.51. The monoisotopic (exact) mass is 244 g/mol. The summed E-state index contributed by atoms with van der Waals surface area (Å²) in [6.07, 6.45) is 0.522. The molecule has 1 atom stereocenters. The zero-order chi connectivity index (χ0) is 12.8. The predicted octanol–water partition coefficient (Wildman–Crippen LogP) is -0.360. The molecule has 98 valence electrons. The zero-order valence-electron chi connectivity index (χ0n) is 10.4. The highest BCUT2D eigenvalue weighted by Crippen LogP contribution is 2.13. The van der Waals surface area contributed by atoms with Crippen molar-refractivity contribution < 1.29 is 19.4 Å². The Morgan fingerprint density at radius 3 is 2.88 bits per heavy atom. The topological polar surface area (TPSA) is 70.1 Å². The molecule has 0 aromatic carbocycles. The zero-order valence-corrected chi connectivity index (χ0v) is 10.4. The number of nitrogens with zero attached hydrogens (tertiary/aromatic N) is 2. The summed E-state index contributed by atoms with van der Waals surface area (Å²) < 4.78 is 5.17. The minimum atomic E-state index is -0.837. The Morgan fingerprint density at radius 1 is 1.59 bits per heavy atom. The summed E-state index contributed by atoms with van der Waals surface area (Å²) in [4.78, 5) is 26.0. The Balaban J connectivity index is 2.50. The van der Waals surface area contributed by atoms with Crippen LogP contribution in [-0.2, 0) is 14.3 Å². The number of rotatable bonds is 6. The highest BCUT2D eigenvalue weighted by molar-refractivity contribution is 5.78. The second kappa shape index (κ2) is 6.56. The number of amides is 1. The highest BCUT2D eigenvalue weighted by atomic mass is 16.5. The molecule has 1 aliphatic heterocycles. The minimum absolute atomic E-state index is 0.0477. The smallest absolute Gasteiger partial charge is 0.303 e. The number of carbonyl (C=O) groups excluding carboxylic acids is 1. The summed E-state index contributed by atoms with van der Waals surface area (Å²) in [5, 5.41) is 8.66. The maximum Gasteiger partial charge on any atom is 0.303 e. The van der Waals surface area contributed by atoms with Crippen LogP contribution in [0.3, 0.4) is 0 Å². The molecule has 1 aliphatic rings. The van der Waals surface area contributed by atoms with E-state index in [4.69, 9.17) is 9.84 Å². The molecular formula is C11H20N2O4. The van der Waals surface area contributed by atoms with E-state index in [2.05, 4.69) is 0 Å². The number of carboxylic acids is 1. The SMILES string of the molecule is CN(C)CCN1C(=O)COCC1CCC(=O)O. The van der Waals surface area contributed by atoms with Gasteiger partial charge in [-0.15, -0.1) is 0 Å². The Morgan fingerprint density at radius 2 is 2.29 bits per heavy atom. The number of aliphatic carboxylic acids is 1. The Bertz CT molecular complexity index is 281. The lowest BCUT2D eigenvalue weighted by molar-refractivity contribution is -0.150. The largest absolute Gasteiger partial charge is 0.481 e. The maximum absolute atomic E-state index is 11.7. The standard InChI is InChI=1S/C11H20N2O4/c1-12(2)5-6-13-9(3-4-11(15)16)7-17-8-10(13)14/h9H,3-8H2,1-2H3,(H,15,16). The van der Waals surface area contributed by atoms with E-state index >= 15 is 0 Å². The van der Waals surface area contributed by atoms with E-state index in [1.165, 1.54) is 0 Å². The van der Waals surface area contributed by atoms with Crippen LogP contribution >= 0.6 is 0 Å². The molecule has 1 fully saturated rings. The third-order valence-electron chi connectivity index (χ3n) is 2.78. The van der Waals surface area contributed by atoms with Crippen molar-refractivity contribution in [3.63, 3.8) is 0 Å². The van der Waals surface area contributed by atoms with Crippen molar-refractivity contribution in [2.45, 2.75) is 18.9 Å². The Hall–Kier alpha value is -1.14. The Labute approximate surface area is 101 Å². The van der Waals surface area contributed by atoms with E-state index in [1.807, 2.05) is 19.0 Å². The van der Waals surface area contributed by atoms with Crippen molar-refractivity contribution >= 4 is 11.9 Å². The second-order valence-electron chi connectivity index (χ2n) is 4.49. The van der Waals surface area contributed by atoms with Gasteiger partial charge in [0.1, 0.15) is 6.61 Å². The van der Waals surface area contributed by atoms with Gasteiger partial charge in [0.15, 0.2) is 0 Å². The summed E-state index contributed by atoms with van der Waals surface area (Å²) in [5.74, 6) is -0.885. The molecule has 0 bridgehead atoms. The third kappa shape index (κ3) is 4.70. The summed E-state index contributed by atoms with van der Waals surface area (Å²) in [7, 11) is 3.88. The number of carboxylic acid groups (broad SMARTS) is 1. The first kappa shape index (κ1) is 13.9. The van der Waals surface area contributed by atoms with Crippen molar-refractivity contribution in [2.75, 3.05) is 40.4 Å². The number of morpholine rings is 1. The summed E-state index contributed by atoms with van der Waals surface area (Å²) in [6, 6.07) is -0.104. The lowest BCUT2D eigenvalue weighted by atomic mass is 10.1. The average molecular weight is 244 g/mol. The van der Waals surface area contributed by atoms with Gasteiger partial charge < -0.3 is 19.6 Å². The van der Waals surface area contributed by atoms with Gasteiger partial charge in [-0.05, 0) is 20.5 Å². The van der Waals surface area contributed by atoms with E-state index in [-0.39, 0.29) is 25.0 Å². The van der Waals surface area contributed by atoms with Crippen LogP contribution in [0.4, 0.5) is 0 Å². The number of likely N-dealkylation sites (N-methyl/N-ethyl adjacent to an activating group) is 1. The maximum atomic E-state index is 11.7. The fraction of sp³-hybridized carbons (Fsp3) is 0.818. The molecule has 0 saturated carbocycles. The number of hydrogen-bond acceptors (Lipinski definition) is 4. The summed E-state index contributed by atoms with van der Waals surface area (Å²) >= 11 is 0. The lowest BCUT2D eigenvalue weighted by Gasteiger charge is -2.36. The first-order chi connectivity index (χ1) is 8.00. The molecule has 1 heterocycles. The summed E-state index contributed by atoms with van der Waals surface area (Å²) in [5.41, 5.74) is 0. The van der Waals surface area contributed by atoms with Gasteiger partial charge in [0.25, 0.3) is 0 Å². The molecular weight excluding hydrogens is 224 g/mol. The highest BCUT2D eigenvalue weighted by Gasteiger charge is 2.28. The first-order valence-corrected chi connectivity index (χ1v) is 5.74. The molecule has 1 rings (SSSR count). The van der Waals surface area contributed by atoms with Crippen molar-refractivity contribution in [3.8, 4) is 0 Å². The second-order valence-corrected chi connectivity index (χ2v) is 4.49. The molecule has 0 spiro atoms. The molecule has 0 aliphatic carbocycles. The van der Waals surface area contributed by atoms with E-state index in [0.717, 1.165) is 6.54 Å². The van der Waals surface area contributed by atoms with Gasteiger partial charge in [0, 0.05) is 19.5 Å². The molecule has 1 amide bonds. The normalized spacial score (nSPS) is 21.0. The molecule has 6 nitrogen and oxygen atoms in total. The molecule has 0 radical (unpaired) electrons. The third-order valence-corrected chi connectivity index (χ3v) is 2.78. The fourth-order valence-corrected chi connectivity index (χ4v) is 1.80. The van der Waals surface area contributed by atoms with Crippen LogP contribution in [0.2, 0.25) is 0 Å². The molecule has 1 N–H and O–H groups in total. The van der Waals surface area contributed by atoms with E-state index in [1.54, 1.807) is 4.90 Å². The van der Waals surface area contributed by atoms with Crippen LogP contribution in [0.15, 0.2) is 0 Å². The number of hydrogen-bond donors (Lipinski definition) is 1. The molecule has 1 unspecified atom stereocenters. The van der Waals surface area contributed by atoms with Crippen LogP contribution in [0.25, 0.3) is 0 Å². The molecule has 6 heteroatoms. The van der Waals surface area contributed by atoms with Crippen LogP contribution < -0.4 is 0 Å². The van der Waals surface area contributed by atoms with Gasteiger partial charge in [-0.25, -0.2) is 0 Å². The van der Waals surface area contributed by atoms with E-state index in [9.17, 15) is 9.59 Å². The quantitative estimate of drug-likeness (QED) is 0.691.